The highest BCUT2D eigenvalue weighted by molar-refractivity contribution is 5.97. The van der Waals surface area contributed by atoms with Gasteiger partial charge in [0.2, 0.25) is 5.91 Å². The molecule has 0 saturated heterocycles. The van der Waals surface area contributed by atoms with E-state index in [9.17, 15) is 14.4 Å². The van der Waals surface area contributed by atoms with Crippen LogP contribution in [0.4, 0.5) is 0 Å². The molecular formula is C28H32N6O3. The molecule has 4 aromatic rings. The summed E-state index contributed by atoms with van der Waals surface area (Å²) in [6, 6.07) is 11.5. The molecule has 4 rings (SSSR count). The van der Waals surface area contributed by atoms with Gasteiger partial charge in [0.05, 0.1) is 0 Å². The van der Waals surface area contributed by atoms with E-state index in [4.69, 9.17) is 0 Å². The molecule has 0 fully saturated rings. The van der Waals surface area contributed by atoms with E-state index in [0.29, 0.717) is 36.2 Å². The monoisotopic (exact) mass is 500 g/mol. The minimum Gasteiger partial charge on any atom is -0.351 e. The van der Waals surface area contributed by atoms with Crippen molar-refractivity contribution in [1.82, 2.24) is 29.7 Å². The van der Waals surface area contributed by atoms with Crippen LogP contribution in [0.25, 0.3) is 28.0 Å². The standard InChI is InChI=1S/C28H32N6O3/c1-18-23(21-8-6-7-9-24(21)34(18)5)17-33(4)25(35)11-10-19-14-20-15-22(27(36)29-12-13-32(2)3)28(37)31-26(20)30-16-19/h6-11,14-16H,12-13,17H2,1-5H3,(H,29,36)(H,30,31,37)/b11-10+. The van der Waals surface area contributed by atoms with Gasteiger partial charge < -0.3 is 24.7 Å². The molecule has 192 valence electrons. The summed E-state index contributed by atoms with van der Waals surface area (Å²) in [6.07, 6.45) is 4.76. The average Bonchev–Trinajstić information content (AvgIpc) is 3.11. The lowest BCUT2D eigenvalue weighted by Gasteiger charge is -2.15. The molecule has 0 unspecified atom stereocenters. The quantitative estimate of drug-likeness (QED) is 0.362. The summed E-state index contributed by atoms with van der Waals surface area (Å²) in [6.45, 7) is 3.64. The minimum absolute atomic E-state index is 0.0236. The Kier molecular flexibility index (Phi) is 7.54. The van der Waals surface area contributed by atoms with E-state index in [1.54, 1.807) is 30.3 Å². The number of H-pyrrole nitrogens is 1. The van der Waals surface area contributed by atoms with E-state index in [1.165, 1.54) is 12.1 Å². The fraction of sp³-hybridized carbons (Fsp3) is 0.286. The topological polar surface area (TPSA) is 103 Å². The SMILES string of the molecule is Cc1c(CN(C)C(=O)/C=C/c2cnc3[nH]c(=O)c(C(=O)NCCN(C)C)cc3c2)c2ccccc2n1C. The molecule has 0 aliphatic heterocycles. The zero-order chi connectivity index (χ0) is 26.7. The Hall–Kier alpha value is -4.24. The molecule has 0 radical (unpaired) electrons. The maximum absolute atomic E-state index is 12.9. The average molecular weight is 501 g/mol. The second-order valence-electron chi connectivity index (χ2n) is 9.45. The number of nitrogens with zero attached hydrogens (tertiary/aromatic N) is 4. The fourth-order valence-corrected chi connectivity index (χ4v) is 4.27. The first-order chi connectivity index (χ1) is 17.7. The third-order valence-electron chi connectivity index (χ3n) is 6.52. The van der Waals surface area contributed by atoms with Crippen molar-refractivity contribution < 1.29 is 9.59 Å². The zero-order valence-corrected chi connectivity index (χ0v) is 21.8. The van der Waals surface area contributed by atoms with E-state index in [-0.39, 0.29) is 11.5 Å². The fourth-order valence-electron chi connectivity index (χ4n) is 4.27. The number of aryl methyl sites for hydroxylation is 1. The Labute approximate surface area is 215 Å². The first-order valence-corrected chi connectivity index (χ1v) is 12.1. The van der Waals surface area contributed by atoms with Crippen LogP contribution in [-0.4, -0.2) is 70.4 Å². The molecule has 0 aliphatic carbocycles. The second-order valence-corrected chi connectivity index (χ2v) is 9.45. The van der Waals surface area contributed by atoms with Gasteiger partial charge in [0.15, 0.2) is 0 Å². The van der Waals surface area contributed by atoms with Crippen molar-refractivity contribution in [2.75, 3.05) is 34.2 Å². The number of likely N-dealkylation sites (N-methyl/N-ethyl adjacent to an activating group) is 2. The smallest absolute Gasteiger partial charge is 0.262 e. The predicted octanol–water partition coefficient (Wildman–Crippen LogP) is 2.69. The maximum Gasteiger partial charge on any atom is 0.262 e. The molecule has 2 N–H and O–H groups in total. The van der Waals surface area contributed by atoms with Gasteiger partial charge in [-0.2, -0.15) is 0 Å². The van der Waals surface area contributed by atoms with Crippen LogP contribution >= 0.6 is 0 Å². The number of fused-ring (bicyclic) bond motifs is 2. The summed E-state index contributed by atoms with van der Waals surface area (Å²) in [4.78, 5) is 48.3. The molecule has 0 spiro atoms. The van der Waals surface area contributed by atoms with Gasteiger partial charge in [-0.05, 0) is 56.4 Å². The van der Waals surface area contributed by atoms with Gasteiger partial charge >= 0.3 is 0 Å². The van der Waals surface area contributed by atoms with Crippen molar-refractivity contribution >= 4 is 39.8 Å². The molecule has 9 heteroatoms. The van der Waals surface area contributed by atoms with Crippen LogP contribution in [-0.2, 0) is 18.4 Å². The maximum atomic E-state index is 12.9. The summed E-state index contributed by atoms with van der Waals surface area (Å²) >= 11 is 0. The lowest BCUT2D eigenvalue weighted by molar-refractivity contribution is -0.125. The summed E-state index contributed by atoms with van der Waals surface area (Å²) < 4.78 is 2.14. The molecule has 2 amide bonds. The first-order valence-electron chi connectivity index (χ1n) is 12.1. The van der Waals surface area contributed by atoms with Crippen molar-refractivity contribution in [1.29, 1.82) is 0 Å². The number of para-hydroxylation sites is 1. The summed E-state index contributed by atoms with van der Waals surface area (Å²) in [5.74, 6) is -0.582. The van der Waals surface area contributed by atoms with E-state index in [1.807, 2.05) is 38.2 Å². The number of carbonyl (C=O) groups excluding carboxylic acids is 2. The van der Waals surface area contributed by atoms with E-state index in [2.05, 4.69) is 38.9 Å². The van der Waals surface area contributed by atoms with Crippen LogP contribution in [0.1, 0.15) is 27.2 Å². The molecule has 3 heterocycles. The van der Waals surface area contributed by atoms with Crippen LogP contribution in [0.5, 0.6) is 0 Å². The Bertz CT molecular complexity index is 1560. The van der Waals surface area contributed by atoms with Gasteiger partial charge in [-0.25, -0.2) is 4.98 Å². The second kappa shape index (κ2) is 10.8. The van der Waals surface area contributed by atoms with Crippen LogP contribution in [0.3, 0.4) is 0 Å². The highest BCUT2D eigenvalue weighted by Crippen LogP contribution is 2.25. The molecule has 3 aromatic heterocycles. The Morgan fingerprint density at radius 2 is 1.92 bits per heavy atom. The van der Waals surface area contributed by atoms with Gasteiger partial charge in [0, 0.05) is 68.0 Å². The minimum atomic E-state index is -0.494. The van der Waals surface area contributed by atoms with Crippen molar-refractivity contribution in [3.8, 4) is 0 Å². The molecular weight excluding hydrogens is 468 g/mol. The van der Waals surface area contributed by atoms with Gasteiger partial charge in [0.1, 0.15) is 11.2 Å². The first kappa shape index (κ1) is 25.8. The summed E-state index contributed by atoms with van der Waals surface area (Å²) in [7, 11) is 7.62. The van der Waals surface area contributed by atoms with E-state index >= 15 is 0 Å². The zero-order valence-electron chi connectivity index (χ0n) is 21.8. The molecule has 1 aromatic carbocycles. The number of pyridine rings is 2. The lowest BCUT2D eigenvalue weighted by Crippen LogP contribution is -2.34. The number of aromatic nitrogens is 3. The Balaban J connectivity index is 1.50. The molecule has 37 heavy (non-hydrogen) atoms. The van der Waals surface area contributed by atoms with Crippen molar-refractivity contribution in [2.24, 2.45) is 7.05 Å². The number of hydrogen-bond acceptors (Lipinski definition) is 5. The normalized spacial score (nSPS) is 11.6. The molecule has 0 saturated carbocycles. The number of hydrogen-bond donors (Lipinski definition) is 2. The van der Waals surface area contributed by atoms with Crippen LogP contribution in [0.2, 0.25) is 0 Å². The van der Waals surface area contributed by atoms with Crippen molar-refractivity contribution in [3.63, 3.8) is 0 Å². The van der Waals surface area contributed by atoms with E-state index in [0.717, 1.165) is 22.2 Å². The van der Waals surface area contributed by atoms with E-state index < -0.39 is 11.5 Å². The Morgan fingerprint density at radius 1 is 1.16 bits per heavy atom. The highest BCUT2D eigenvalue weighted by atomic mass is 16.2. The van der Waals surface area contributed by atoms with Gasteiger partial charge in [-0.3, -0.25) is 14.4 Å². The third-order valence-corrected chi connectivity index (χ3v) is 6.52. The summed E-state index contributed by atoms with van der Waals surface area (Å²) in [5, 5.41) is 4.50. The third kappa shape index (κ3) is 5.62. The number of carbonyl (C=O) groups is 2. The number of rotatable bonds is 8. The molecule has 0 atom stereocenters. The molecule has 0 aliphatic rings. The van der Waals surface area contributed by atoms with Crippen molar-refractivity contribution in [2.45, 2.75) is 13.5 Å². The van der Waals surface area contributed by atoms with Crippen molar-refractivity contribution in [3.05, 3.63) is 81.4 Å². The number of aromatic amines is 1. The van der Waals surface area contributed by atoms with Crippen LogP contribution in [0, 0.1) is 6.92 Å². The number of amides is 2. The van der Waals surface area contributed by atoms with Crippen LogP contribution in [0.15, 0.2) is 53.5 Å². The van der Waals surface area contributed by atoms with Gasteiger partial charge in [-0.1, -0.05) is 18.2 Å². The summed E-state index contributed by atoms with van der Waals surface area (Å²) in [5.41, 5.74) is 3.97. The Morgan fingerprint density at radius 3 is 2.68 bits per heavy atom. The largest absolute Gasteiger partial charge is 0.351 e. The molecule has 0 bridgehead atoms. The predicted molar refractivity (Wildman–Crippen MR) is 146 cm³/mol. The molecule has 9 nitrogen and oxygen atoms in total. The van der Waals surface area contributed by atoms with Crippen LogP contribution < -0.4 is 10.9 Å². The number of benzene rings is 1. The lowest BCUT2D eigenvalue weighted by atomic mass is 10.1. The van der Waals surface area contributed by atoms with Gasteiger partial charge in [0.25, 0.3) is 11.5 Å². The highest BCUT2D eigenvalue weighted by Gasteiger charge is 2.15. The number of nitrogens with one attached hydrogen (secondary N) is 2. The van der Waals surface area contributed by atoms with Gasteiger partial charge in [-0.15, -0.1) is 0 Å².